The SMILES string of the molecule is CCCCCCCCCCCCCCCCCN1C=CN(CCCC)C1(Cc1ccccc1)C(CC)c1ccccc1. The smallest absolute Gasteiger partial charge is 0.123 e. The highest BCUT2D eigenvalue weighted by atomic mass is 15.4. The lowest BCUT2D eigenvalue weighted by Crippen LogP contribution is -2.59. The van der Waals surface area contributed by atoms with Crippen LogP contribution in [0.4, 0.5) is 0 Å². The summed E-state index contributed by atoms with van der Waals surface area (Å²) < 4.78 is 0. The fraction of sp³-hybridized carbons (Fsp3) is 0.650. The van der Waals surface area contributed by atoms with E-state index >= 15 is 0 Å². The second-order valence-corrected chi connectivity index (χ2v) is 12.9. The predicted octanol–water partition coefficient (Wildman–Crippen LogP) is 11.9. The molecule has 0 bridgehead atoms. The molecule has 1 aliphatic heterocycles. The Kier molecular flexibility index (Phi) is 16.8. The van der Waals surface area contributed by atoms with Crippen molar-refractivity contribution in [3.63, 3.8) is 0 Å². The van der Waals surface area contributed by atoms with Crippen LogP contribution >= 0.6 is 0 Å². The van der Waals surface area contributed by atoms with E-state index in [9.17, 15) is 0 Å². The van der Waals surface area contributed by atoms with Crippen molar-refractivity contribution in [2.75, 3.05) is 13.1 Å². The van der Waals surface area contributed by atoms with Gasteiger partial charge in [-0.3, -0.25) is 0 Å². The monoisotopic (exact) mass is 573 g/mol. The first-order valence-corrected chi connectivity index (χ1v) is 18.1. The maximum atomic E-state index is 2.75. The molecule has 2 nitrogen and oxygen atoms in total. The standard InChI is InChI=1S/C40H64N2/c1-4-7-9-10-11-12-13-14-15-16-17-18-19-20-27-33-42-35-34-41(32-8-5-2)40(42,36-37-28-23-21-24-29-37)39(6-3)38-30-25-22-26-31-38/h21-26,28-31,34-35,39H,4-20,27,32-33,36H2,1-3H3. The minimum absolute atomic E-state index is 0.0529. The summed E-state index contributed by atoms with van der Waals surface area (Å²) in [7, 11) is 0. The van der Waals surface area contributed by atoms with Gasteiger partial charge < -0.3 is 9.80 Å². The van der Waals surface area contributed by atoms with E-state index in [1.807, 2.05) is 0 Å². The first-order valence-electron chi connectivity index (χ1n) is 18.1. The normalized spacial score (nSPS) is 17.3. The van der Waals surface area contributed by atoms with E-state index in [1.165, 1.54) is 120 Å². The summed E-state index contributed by atoms with van der Waals surface area (Å²) in [6.45, 7) is 9.29. The van der Waals surface area contributed by atoms with Crippen LogP contribution in [-0.2, 0) is 6.42 Å². The molecule has 234 valence electrons. The highest BCUT2D eigenvalue weighted by molar-refractivity contribution is 5.30. The predicted molar refractivity (Wildman–Crippen MR) is 185 cm³/mol. The Balaban J connectivity index is 1.53. The molecule has 2 heteroatoms. The zero-order valence-electron chi connectivity index (χ0n) is 27.7. The topological polar surface area (TPSA) is 6.48 Å². The molecule has 0 N–H and O–H groups in total. The maximum absolute atomic E-state index is 2.75. The van der Waals surface area contributed by atoms with Gasteiger partial charge in [0.25, 0.3) is 0 Å². The molecule has 42 heavy (non-hydrogen) atoms. The molecule has 0 aromatic heterocycles. The van der Waals surface area contributed by atoms with Crippen LogP contribution in [0.3, 0.4) is 0 Å². The Bertz CT molecular complexity index is 939. The average Bonchev–Trinajstić information content (AvgIpc) is 3.36. The van der Waals surface area contributed by atoms with Crippen LogP contribution in [0.5, 0.6) is 0 Å². The lowest BCUT2D eigenvalue weighted by molar-refractivity contribution is -0.00355. The molecule has 2 atom stereocenters. The van der Waals surface area contributed by atoms with Crippen molar-refractivity contribution < 1.29 is 0 Å². The van der Waals surface area contributed by atoms with Crippen LogP contribution in [-0.4, -0.2) is 28.6 Å². The molecule has 3 rings (SSSR count). The van der Waals surface area contributed by atoms with Gasteiger partial charge >= 0.3 is 0 Å². The average molecular weight is 573 g/mol. The summed E-state index contributed by atoms with van der Waals surface area (Å²) in [4.78, 5) is 5.47. The van der Waals surface area contributed by atoms with Crippen molar-refractivity contribution >= 4 is 0 Å². The molecule has 0 aliphatic carbocycles. The third-order valence-corrected chi connectivity index (χ3v) is 9.65. The Morgan fingerprint density at radius 3 is 1.40 bits per heavy atom. The summed E-state index contributed by atoms with van der Waals surface area (Å²) >= 11 is 0. The minimum Gasteiger partial charge on any atom is -0.353 e. The van der Waals surface area contributed by atoms with E-state index in [4.69, 9.17) is 0 Å². The molecule has 1 heterocycles. The molecular formula is C40H64N2. The van der Waals surface area contributed by atoms with E-state index in [0.717, 1.165) is 25.9 Å². The molecule has 0 amide bonds. The second-order valence-electron chi connectivity index (χ2n) is 12.9. The maximum Gasteiger partial charge on any atom is 0.123 e. The van der Waals surface area contributed by atoms with Gasteiger partial charge in [-0.25, -0.2) is 0 Å². The van der Waals surface area contributed by atoms with Gasteiger partial charge in [-0.15, -0.1) is 0 Å². The van der Waals surface area contributed by atoms with Gasteiger partial charge in [-0.2, -0.15) is 0 Å². The summed E-state index contributed by atoms with van der Waals surface area (Å²) in [6, 6.07) is 22.6. The zero-order valence-corrected chi connectivity index (χ0v) is 27.7. The molecule has 0 fully saturated rings. The Labute approximate surface area is 261 Å². The van der Waals surface area contributed by atoms with Crippen LogP contribution < -0.4 is 0 Å². The number of hydrogen-bond acceptors (Lipinski definition) is 2. The molecule has 0 saturated heterocycles. The number of nitrogens with zero attached hydrogens (tertiary/aromatic N) is 2. The van der Waals surface area contributed by atoms with Gasteiger partial charge in [0, 0.05) is 37.8 Å². The van der Waals surface area contributed by atoms with Crippen molar-refractivity contribution in [2.45, 2.75) is 154 Å². The third kappa shape index (κ3) is 10.8. The zero-order chi connectivity index (χ0) is 29.7. The first kappa shape index (κ1) is 34.3. The molecular weight excluding hydrogens is 508 g/mol. The van der Waals surface area contributed by atoms with E-state index in [-0.39, 0.29) is 5.66 Å². The van der Waals surface area contributed by atoms with E-state index < -0.39 is 0 Å². The molecule has 0 spiro atoms. The van der Waals surface area contributed by atoms with Crippen molar-refractivity contribution in [1.82, 2.24) is 9.80 Å². The van der Waals surface area contributed by atoms with Gasteiger partial charge in [-0.05, 0) is 30.4 Å². The largest absolute Gasteiger partial charge is 0.353 e. The Hall–Kier alpha value is -2.22. The number of rotatable bonds is 24. The Morgan fingerprint density at radius 1 is 0.500 bits per heavy atom. The molecule has 0 radical (unpaired) electrons. The lowest BCUT2D eigenvalue weighted by Gasteiger charge is -2.51. The molecule has 1 aliphatic rings. The van der Waals surface area contributed by atoms with Gasteiger partial charge in [0.1, 0.15) is 5.66 Å². The van der Waals surface area contributed by atoms with Crippen LogP contribution in [0.1, 0.15) is 153 Å². The van der Waals surface area contributed by atoms with Crippen molar-refractivity contribution in [3.8, 4) is 0 Å². The van der Waals surface area contributed by atoms with Gasteiger partial charge in [-0.1, -0.05) is 178 Å². The van der Waals surface area contributed by atoms with Gasteiger partial charge in [0.15, 0.2) is 0 Å². The highest BCUT2D eigenvalue weighted by Gasteiger charge is 2.49. The summed E-state index contributed by atoms with van der Waals surface area (Å²) in [6.07, 6.45) is 30.8. The first-order chi connectivity index (χ1) is 20.8. The summed E-state index contributed by atoms with van der Waals surface area (Å²) in [5, 5.41) is 0. The molecule has 2 unspecified atom stereocenters. The summed E-state index contributed by atoms with van der Waals surface area (Å²) in [5.74, 6) is 0.446. The van der Waals surface area contributed by atoms with Crippen LogP contribution in [0.15, 0.2) is 73.1 Å². The van der Waals surface area contributed by atoms with E-state index in [0.29, 0.717) is 5.92 Å². The Morgan fingerprint density at radius 2 is 0.929 bits per heavy atom. The van der Waals surface area contributed by atoms with Gasteiger partial charge in [0.05, 0.1) is 0 Å². The molecule has 2 aromatic rings. The fourth-order valence-electron chi connectivity index (χ4n) is 7.24. The quantitative estimate of drug-likeness (QED) is 0.115. The third-order valence-electron chi connectivity index (χ3n) is 9.65. The van der Waals surface area contributed by atoms with E-state index in [1.54, 1.807) is 0 Å². The number of hydrogen-bond donors (Lipinski definition) is 0. The van der Waals surface area contributed by atoms with Crippen molar-refractivity contribution in [2.24, 2.45) is 0 Å². The number of benzene rings is 2. The fourth-order valence-corrected chi connectivity index (χ4v) is 7.24. The van der Waals surface area contributed by atoms with Crippen LogP contribution in [0, 0.1) is 0 Å². The van der Waals surface area contributed by atoms with Crippen molar-refractivity contribution in [1.29, 1.82) is 0 Å². The second kappa shape index (κ2) is 20.6. The van der Waals surface area contributed by atoms with E-state index in [2.05, 4.69) is 104 Å². The highest BCUT2D eigenvalue weighted by Crippen LogP contribution is 2.45. The van der Waals surface area contributed by atoms with Crippen LogP contribution in [0.2, 0.25) is 0 Å². The minimum atomic E-state index is -0.0529. The lowest BCUT2D eigenvalue weighted by atomic mass is 9.78. The van der Waals surface area contributed by atoms with Crippen molar-refractivity contribution in [3.05, 3.63) is 84.2 Å². The summed E-state index contributed by atoms with van der Waals surface area (Å²) in [5.41, 5.74) is 2.86. The van der Waals surface area contributed by atoms with Crippen LogP contribution in [0.25, 0.3) is 0 Å². The molecule has 0 saturated carbocycles. The molecule has 2 aromatic carbocycles. The van der Waals surface area contributed by atoms with Gasteiger partial charge in [0.2, 0.25) is 0 Å². The number of unbranched alkanes of at least 4 members (excludes halogenated alkanes) is 15.